The summed E-state index contributed by atoms with van der Waals surface area (Å²) in [6.07, 6.45) is -1.92. The summed E-state index contributed by atoms with van der Waals surface area (Å²) in [4.78, 5) is 10.8. The summed E-state index contributed by atoms with van der Waals surface area (Å²) in [7, 11) is 0. The molecule has 1 aromatic rings. The molecular weight excluding hydrogens is 232 g/mol. The van der Waals surface area contributed by atoms with Gasteiger partial charge in [0.05, 0.1) is 5.56 Å². The first-order chi connectivity index (χ1) is 6.99. The van der Waals surface area contributed by atoms with Crippen molar-refractivity contribution in [3.8, 4) is 0 Å². The van der Waals surface area contributed by atoms with Gasteiger partial charge in [0.2, 0.25) is 5.78 Å². The minimum Gasteiger partial charge on any atom is -0.287 e. The number of benzene rings is 1. The molecule has 0 fully saturated rings. The lowest BCUT2D eigenvalue weighted by molar-refractivity contribution is 0.0668. The van der Waals surface area contributed by atoms with Crippen LogP contribution in [0.4, 0.5) is 17.6 Å². The fraction of sp³-hybridized carbons (Fsp3) is 0.222. The Labute approximate surface area is 87.5 Å². The second kappa shape index (κ2) is 4.65. The van der Waals surface area contributed by atoms with E-state index in [1.807, 2.05) is 0 Å². The zero-order chi connectivity index (χ0) is 11.6. The Balaban J connectivity index is 3.33. The van der Waals surface area contributed by atoms with Crippen molar-refractivity contribution in [2.45, 2.75) is 11.3 Å². The van der Waals surface area contributed by atoms with Crippen LogP contribution in [0.2, 0.25) is 0 Å². The lowest BCUT2D eigenvalue weighted by atomic mass is 10.1. The van der Waals surface area contributed by atoms with Crippen molar-refractivity contribution in [3.05, 3.63) is 29.3 Å². The molecule has 1 aromatic carbocycles. The maximum atomic E-state index is 13.3. The highest BCUT2D eigenvalue weighted by atomic mass is 32.2. The zero-order valence-electron chi connectivity index (χ0n) is 7.56. The van der Waals surface area contributed by atoms with Crippen molar-refractivity contribution >= 4 is 17.5 Å². The average molecular weight is 238 g/mol. The van der Waals surface area contributed by atoms with Crippen molar-refractivity contribution in [3.63, 3.8) is 0 Å². The van der Waals surface area contributed by atoms with Crippen LogP contribution in [0.15, 0.2) is 17.0 Å². The van der Waals surface area contributed by atoms with Gasteiger partial charge in [-0.2, -0.15) is 0 Å². The molecule has 0 aliphatic carbocycles. The van der Waals surface area contributed by atoms with Crippen molar-refractivity contribution in [2.75, 3.05) is 6.26 Å². The van der Waals surface area contributed by atoms with Crippen LogP contribution in [-0.4, -0.2) is 18.5 Å². The third-order valence-electron chi connectivity index (χ3n) is 1.72. The fourth-order valence-corrected chi connectivity index (χ4v) is 1.51. The number of hydrogen-bond acceptors (Lipinski definition) is 2. The predicted molar refractivity (Wildman–Crippen MR) is 48.5 cm³/mol. The van der Waals surface area contributed by atoms with E-state index in [0.29, 0.717) is 0 Å². The van der Waals surface area contributed by atoms with Crippen LogP contribution in [0.5, 0.6) is 0 Å². The average Bonchev–Trinajstić information content (AvgIpc) is 2.17. The van der Waals surface area contributed by atoms with Crippen molar-refractivity contribution in [1.82, 2.24) is 0 Å². The summed E-state index contributed by atoms with van der Waals surface area (Å²) >= 11 is 0.909. The molecule has 82 valence electrons. The number of carbonyl (C=O) groups excluding carboxylic acids is 1. The lowest BCUT2D eigenvalue weighted by Crippen LogP contribution is -2.15. The predicted octanol–water partition coefficient (Wildman–Crippen LogP) is 3.13. The Kier molecular flexibility index (Phi) is 3.73. The van der Waals surface area contributed by atoms with E-state index < -0.39 is 29.4 Å². The topological polar surface area (TPSA) is 17.1 Å². The third kappa shape index (κ3) is 2.31. The van der Waals surface area contributed by atoms with Crippen molar-refractivity contribution in [1.29, 1.82) is 0 Å². The first kappa shape index (κ1) is 12.0. The molecule has 0 aromatic heterocycles. The van der Waals surface area contributed by atoms with Crippen LogP contribution < -0.4 is 0 Å². The van der Waals surface area contributed by atoms with E-state index >= 15 is 0 Å². The number of carbonyl (C=O) groups is 1. The number of Topliss-reactive ketones (excluding diaryl/α,β-unsaturated/α-hetero) is 1. The molecule has 0 atom stereocenters. The number of alkyl halides is 2. The van der Waals surface area contributed by atoms with E-state index in [2.05, 4.69) is 0 Å². The number of thioether (sulfide) groups is 1. The summed E-state index contributed by atoms with van der Waals surface area (Å²) in [5.41, 5.74) is -1.17. The van der Waals surface area contributed by atoms with E-state index in [1.165, 1.54) is 6.26 Å². The first-order valence-corrected chi connectivity index (χ1v) is 5.06. The molecule has 15 heavy (non-hydrogen) atoms. The standard InChI is InChI=1S/C9H6F4OS/c1-15-5-3-2-4(10)6(7(5)11)8(14)9(12)13/h2-3,9H,1H3. The molecule has 6 heteroatoms. The van der Waals surface area contributed by atoms with Gasteiger partial charge in [0.1, 0.15) is 5.82 Å². The summed E-state index contributed by atoms with van der Waals surface area (Å²) in [5, 5.41) is 0. The number of ketones is 1. The second-order valence-electron chi connectivity index (χ2n) is 2.60. The van der Waals surface area contributed by atoms with E-state index in [-0.39, 0.29) is 4.90 Å². The largest absolute Gasteiger partial charge is 0.300 e. The van der Waals surface area contributed by atoms with Crippen LogP contribution in [0.25, 0.3) is 0 Å². The zero-order valence-corrected chi connectivity index (χ0v) is 8.38. The van der Waals surface area contributed by atoms with Gasteiger partial charge in [-0.15, -0.1) is 11.8 Å². The first-order valence-electron chi connectivity index (χ1n) is 3.83. The van der Waals surface area contributed by atoms with Gasteiger partial charge < -0.3 is 0 Å². The molecule has 0 amide bonds. The molecule has 0 N–H and O–H groups in total. The highest BCUT2D eigenvalue weighted by Gasteiger charge is 2.26. The smallest absolute Gasteiger partial charge is 0.287 e. The van der Waals surface area contributed by atoms with Crippen LogP contribution in [0, 0.1) is 11.6 Å². The van der Waals surface area contributed by atoms with Gasteiger partial charge in [0.15, 0.2) is 5.82 Å². The molecule has 0 aliphatic heterocycles. The Hall–Kier alpha value is -1.04. The molecule has 0 aliphatic rings. The van der Waals surface area contributed by atoms with Crippen molar-refractivity contribution in [2.24, 2.45) is 0 Å². The van der Waals surface area contributed by atoms with Gasteiger partial charge >= 0.3 is 6.43 Å². The monoisotopic (exact) mass is 238 g/mol. The number of hydrogen-bond donors (Lipinski definition) is 0. The Morgan fingerprint density at radius 3 is 2.40 bits per heavy atom. The molecule has 0 heterocycles. The summed E-state index contributed by atoms with van der Waals surface area (Å²) in [6.45, 7) is 0. The van der Waals surface area contributed by atoms with E-state index in [0.717, 1.165) is 23.9 Å². The minimum atomic E-state index is -3.41. The normalized spacial score (nSPS) is 10.8. The van der Waals surface area contributed by atoms with Crippen LogP contribution >= 0.6 is 11.8 Å². The van der Waals surface area contributed by atoms with E-state index in [1.54, 1.807) is 0 Å². The minimum absolute atomic E-state index is 0.0413. The second-order valence-corrected chi connectivity index (χ2v) is 3.45. The number of rotatable bonds is 3. The molecule has 0 radical (unpaired) electrons. The maximum Gasteiger partial charge on any atom is 0.300 e. The highest BCUT2D eigenvalue weighted by molar-refractivity contribution is 7.98. The quantitative estimate of drug-likeness (QED) is 0.457. The molecule has 1 nitrogen and oxygen atoms in total. The van der Waals surface area contributed by atoms with Gasteiger partial charge in [-0.25, -0.2) is 17.6 Å². The molecule has 0 unspecified atom stereocenters. The van der Waals surface area contributed by atoms with Crippen LogP contribution in [0.1, 0.15) is 10.4 Å². The maximum absolute atomic E-state index is 13.3. The van der Waals surface area contributed by atoms with Crippen molar-refractivity contribution < 1.29 is 22.4 Å². The SMILES string of the molecule is CSc1ccc(F)c(C(=O)C(F)F)c1F. The fourth-order valence-electron chi connectivity index (χ4n) is 1.03. The molecular formula is C9H6F4OS. The third-order valence-corrected chi connectivity index (χ3v) is 2.48. The molecule has 0 bridgehead atoms. The number of halogens is 4. The van der Waals surface area contributed by atoms with Crippen LogP contribution in [-0.2, 0) is 0 Å². The van der Waals surface area contributed by atoms with Gasteiger partial charge in [0.25, 0.3) is 0 Å². The van der Waals surface area contributed by atoms with Gasteiger partial charge in [-0.1, -0.05) is 0 Å². The highest BCUT2D eigenvalue weighted by Crippen LogP contribution is 2.25. The molecule has 0 spiro atoms. The van der Waals surface area contributed by atoms with Gasteiger partial charge in [-0.3, -0.25) is 4.79 Å². The van der Waals surface area contributed by atoms with Gasteiger partial charge in [0, 0.05) is 4.90 Å². The molecule has 1 rings (SSSR count). The Morgan fingerprint density at radius 2 is 1.93 bits per heavy atom. The van der Waals surface area contributed by atoms with E-state index in [9.17, 15) is 22.4 Å². The molecule has 0 saturated heterocycles. The van der Waals surface area contributed by atoms with E-state index in [4.69, 9.17) is 0 Å². The van der Waals surface area contributed by atoms with Gasteiger partial charge in [-0.05, 0) is 18.4 Å². The Morgan fingerprint density at radius 1 is 1.33 bits per heavy atom. The molecule has 0 saturated carbocycles. The van der Waals surface area contributed by atoms with Crippen LogP contribution in [0.3, 0.4) is 0 Å². The summed E-state index contributed by atoms with van der Waals surface area (Å²) in [5.74, 6) is -4.33. The lowest BCUT2D eigenvalue weighted by Gasteiger charge is -2.06. The summed E-state index contributed by atoms with van der Waals surface area (Å²) < 4.78 is 50.3. The Bertz CT molecular complexity index is 392. The summed E-state index contributed by atoms with van der Waals surface area (Å²) in [6, 6.07) is 1.89.